The Kier molecular flexibility index (Phi) is 4.01. The molecule has 2 aromatic rings. The Bertz CT molecular complexity index is 595. The molecule has 5 nitrogen and oxygen atoms in total. The van der Waals surface area contributed by atoms with Crippen molar-refractivity contribution in [2.45, 2.75) is 46.1 Å². The van der Waals surface area contributed by atoms with Crippen molar-refractivity contribution in [2.75, 3.05) is 13.1 Å². The molecule has 3 rings (SSSR count). The summed E-state index contributed by atoms with van der Waals surface area (Å²) < 4.78 is 5.24. The number of aromatic nitrogens is 3. The molecule has 0 radical (unpaired) electrons. The number of aryl methyl sites for hydroxylation is 3. The zero-order valence-corrected chi connectivity index (χ0v) is 13.0. The predicted molar refractivity (Wildman–Crippen MR) is 80.0 cm³/mol. The van der Waals surface area contributed by atoms with Gasteiger partial charge in [-0.1, -0.05) is 5.16 Å². The van der Waals surface area contributed by atoms with Gasteiger partial charge >= 0.3 is 0 Å². The summed E-state index contributed by atoms with van der Waals surface area (Å²) in [5.41, 5.74) is 3.30. The lowest BCUT2D eigenvalue weighted by molar-refractivity contribution is 0.200. The molecule has 0 aromatic carbocycles. The van der Waals surface area contributed by atoms with Crippen LogP contribution in [0.5, 0.6) is 0 Å². The monoisotopic (exact) mass is 286 g/mol. The summed E-state index contributed by atoms with van der Waals surface area (Å²) in [5, 5.41) is 4.03. The Morgan fingerprint density at radius 2 is 2.00 bits per heavy atom. The zero-order chi connectivity index (χ0) is 14.8. The van der Waals surface area contributed by atoms with E-state index in [9.17, 15) is 0 Å². The summed E-state index contributed by atoms with van der Waals surface area (Å²) in [6.45, 7) is 9.11. The Labute approximate surface area is 125 Å². The maximum Gasteiger partial charge on any atom is 0.138 e. The molecule has 5 heteroatoms. The topological polar surface area (TPSA) is 55.1 Å². The minimum atomic E-state index is 0.491. The van der Waals surface area contributed by atoms with Gasteiger partial charge in [-0.25, -0.2) is 9.97 Å². The van der Waals surface area contributed by atoms with Gasteiger partial charge in [-0.05, 0) is 52.8 Å². The van der Waals surface area contributed by atoms with Crippen LogP contribution in [0.1, 0.15) is 47.3 Å². The maximum absolute atomic E-state index is 5.24. The van der Waals surface area contributed by atoms with Gasteiger partial charge in [-0.3, -0.25) is 4.90 Å². The number of likely N-dealkylation sites (tertiary alicyclic amines) is 1. The molecule has 112 valence electrons. The first-order valence-corrected chi connectivity index (χ1v) is 7.57. The molecular weight excluding hydrogens is 264 g/mol. The van der Waals surface area contributed by atoms with Crippen LogP contribution in [0.15, 0.2) is 16.8 Å². The summed E-state index contributed by atoms with van der Waals surface area (Å²) in [5.74, 6) is 2.44. The van der Waals surface area contributed by atoms with Crippen LogP contribution in [0.4, 0.5) is 0 Å². The summed E-state index contributed by atoms with van der Waals surface area (Å²) in [6, 6.07) is 1.95. The molecule has 0 saturated carbocycles. The third-order valence-electron chi connectivity index (χ3n) is 4.33. The molecule has 0 unspecified atom stereocenters. The Morgan fingerprint density at radius 3 is 2.62 bits per heavy atom. The van der Waals surface area contributed by atoms with E-state index in [-0.39, 0.29) is 0 Å². The largest absolute Gasteiger partial charge is 0.361 e. The fourth-order valence-corrected chi connectivity index (χ4v) is 2.97. The van der Waals surface area contributed by atoms with Crippen LogP contribution in [0.25, 0.3) is 0 Å². The first-order valence-electron chi connectivity index (χ1n) is 7.57. The summed E-state index contributed by atoms with van der Waals surface area (Å²) in [7, 11) is 0. The average molecular weight is 286 g/mol. The molecule has 0 N–H and O–H groups in total. The van der Waals surface area contributed by atoms with Crippen molar-refractivity contribution >= 4 is 0 Å². The van der Waals surface area contributed by atoms with E-state index in [2.05, 4.69) is 20.0 Å². The van der Waals surface area contributed by atoms with Crippen LogP contribution in [-0.2, 0) is 6.54 Å². The second-order valence-corrected chi connectivity index (χ2v) is 5.91. The van der Waals surface area contributed by atoms with Gasteiger partial charge < -0.3 is 4.52 Å². The van der Waals surface area contributed by atoms with Gasteiger partial charge in [0.15, 0.2) is 0 Å². The molecule has 0 atom stereocenters. The van der Waals surface area contributed by atoms with E-state index in [0.29, 0.717) is 5.92 Å². The summed E-state index contributed by atoms with van der Waals surface area (Å²) in [4.78, 5) is 11.5. The highest BCUT2D eigenvalue weighted by Gasteiger charge is 2.24. The maximum atomic E-state index is 5.24. The number of piperidine rings is 1. The quantitative estimate of drug-likeness (QED) is 0.868. The van der Waals surface area contributed by atoms with Crippen molar-refractivity contribution in [1.29, 1.82) is 0 Å². The first kappa shape index (κ1) is 14.2. The van der Waals surface area contributed by atoms with Crippen molar-refractivity contribution in [1.82, 2.24) is 20.0 Å². The molecule has 0 aliphatic carbocycles. The highest BCUT2D eigenvalue weighted by atomic mass is 16.5. The molecule has 1 aliphatic heterocycles. The minimum absolute atomic E-state index is 0.491. The van der Waals surface area contributed by atoms with E-state index in [0.717, 1.165) is 55.4 Å². The van der Waals surface area contributed by atoms with Crippen molar-refractivity contribution in [3.63, 3.8) is 0 Å². The number of nitrogens with zero attached hydrogens (tertiary/aromatic N) is 4. The smallest absolute Gasteiger partial charge is 0.138 e. The highest BCUT2D eigenvalue weighted by molar-refractivity contribution is 5.20. The predicted octanol–water partition coefficient (Wildman–Crippen LogP) is 2.77. The van der Waals surface area contributed by atoms with E-state index < -0.39 is 0 Å². The third kappa shape index (κ3) is 3.13. The van der Waals surface area contributed by atoms with Crippen molar-refractivity contribution in [3.8, 4) is 0 Å². The molecular formula is C16H22N4O. The van der Waals surface area contributed by atoms with Crippen LogP contribution in [-0.4, -0.2) is 33.1 Å². The van der Waals surface area contributed by atoms with Gasteiger partial charge in [-0.15, -0.1) is 0 Å². The van der Waals surface area contributed by atoms with Crippen LogP contribution in [0.3, 0.4) is 0 Å². The molecule has 0 spiro atoms. The van der Waals surface area contributed by atoms with Crippen molar-refractivity contribution in [2.24, 2.45) is 0 Å². The highest BCUT2D eigenvalue weighted by Crippen LogP contribution is 2.27. The normalized spacial score (nSPS) is 17.3. The Morgan fingerprint density at radius 1 is 1.24 bits per heavy atom. The second kappa shape index (κ2) is 5.93. The van der Waals surface area contributed by atoms with E-state index in [1.807, 2.05) is 33.0 Å². The van der Waals surface area contributed by atoms with Crippen molar-refractivity contribution < 1.29 is 4.52 Å². The summed E-state index contributed by atoms with van der Waals surface area (Å²) in [6.07, 6.45) is 4.10. The van der Waals surface area contributed by atoms with Gasteiger partial charge in [0.2, 0.25) is 0 Å². The van der Waals surface area contributed by atoms with Crippen LogP contribution >= 0.6 is 0 Å². The molecule has 0 bridgehead atoms. The molecule has 21 heavy (non-hydrogen) atoms. The molecule has 3 heterocycles. The van der Waals surface area contributed by atoms with Gasteiger partial charge in [0.25, 0.3) is 0 Å². The Hall–Kier alpha value is -1.75. The number of hydrogen-bond acceptors (Lipinski definition) is 5. The lowest BCUT2D eigenvalue weighted by Crippen LogP contribution is -2.33. The molecule has 1 aliphatic rings. The summed E-state index contributed by atoms with van der Waals surface area (Å²) >= 11 is 0. The minimum Gasteiger partial charge on any atom is -0.361 e. The Balaban J connectivity index is 1.60. The second-order valence-electron chi connectivity index (χ2n) is 5.91. The van der Waals surface area contributed by atoms with E-state index in [1.165, 1.54) is 5.56 Å². The van der Waals surface area contributed by atoms with Crippen LogP contribution in [0.2, 0.25) is 0 Å². The number of rotatable bonds is 3. The van der Waals surface area contributed by atoms with Crippen LogP contribution < -0.4 is 0 Å². The van der Waals surface area contributed by atoms with Gasteiger partial charge in [0.1, 0.15) is 11.6 Å². The number of hydrogen-bond donors (Lipinski definition) is 0. The zero-order valence-electron chi connectivity index (χ0n) is 13.0. The van der Waals surface area contributed by atoms with Gasteiger partial charge in [0.05, 0.1) is 5.69 Å². The standard InChI is InChI=1S/C16H22N4O/c1-11-4-7-17-16(18-11)14-5-8-20(9-6-14)10-15-12(2)19-21-13(15)3/h4,7,14H,5-6,8-10H2,1-3H3. The third-order valence-corrected chi connectivity index (χ3v) is 4.33. The van der Waals surface area contributed by atoms with Crippen molar-refractivity contribution in [3.05, 3.63) is 40.8 Å². The van der Waals surface area contributed by atoms with Gasteiger partial charge in [0, 0.05) is 29.9 Å². The SMILES string of the molecule is Cc1ccnc(C2CCN(Cc3c(C)noc3C)CC2)n1. The molecule has 0 amide bonds. The lowest BCUT2D eigenvalue weighted by atomic mass is 9.95. The molecule has 1 fully saturated rings. The van der Waals surface area contributed by atoms with E-state index in [1.54, 1.807) is 0 Å². The molecule has 1 saturated heterocycles. The van der Waals surface area contributed by atoms with Crippen LogP contribution in [0, 0.1) is 20.8 Å². The first-order chi connectivity index (χ1) is 10.1. The molecule has 2 aromatic heterocycles. The van der Waals surface area contributed by atoms with Gasteiger partial charge in [-0.2, -0.15) is 0 Å². The fraction of sp³-hybridized carbons (Fsp3) is 0.562. The van der Waals surface area contributed by atoms with E-state index >= 15 is 0 Å². The average Bonchev–Trinajstić information content (AvgIpc) is 2.80. The van der Waals surface area contributed by atoms with E-state index in [4.69, 9.17) is 4.52 Å². The fourth-order valence-electron chi connectivity index (χ4n) is 2.97. The lowest BCUT2D eigenvalue weighted by Gasteiger charge is -2.31.